The van der Waals surface area contributed by atoms with Gasteiger partial charge in [0.2, 0.25) is 5.82 Å². The maximum Gasteiger partial charge on any atom is 0.206 e. The number of hydrogen-bond donors (Lipinski definition) is 2. The maximum atomic E-state index is 13.2. The Hall–Kier alpha value is -1.29. The predicted octanol–water partition coefficient (Wildman–Crippen LogP) is 1.82. The first-order valence-electron chi connectivity index (χ1n) is 4.68. The van der Waals surface area contributed by atoms with E-state index in [9.17, 15) is 9.50 Å². The molecule has 0 fully saturated rings. The fourth-order valence-corrected chi connectivity index (χ4v) is 1.42. The zero-order valence-corrected chi connectivity index (χ0v) is 9.17. The van der Waals surface area contributed by atoms with E-state index < -0.39 is 17.1 Å². The number of nitrogens with two attached hydrogens (primary N) is 1. The Morgan fingerprint density at radius 3 is 2.53 bits per heavy atom. The van der Waals surface area contributed by atoms with E-state index in [1.807, 2.05) is 13.8 Å². The van der Waals surface area contributed by atoms with Gasteiger partial charge >= 0.3 is 0 Å². The fourth-order valence-electron chi connectivity index (χ4n) is 1.42. The summed E-state index contributed by atoms with van der Waals surface area (Å²) in [5.74, 6) is -1.11. The number of methoxy groups -OCH3 is 1. The number of rotatable bonds is 3. The standard InChI is InChI=1S/C11H16FNO2/c1-11(2,13)6-7-4-8(14)10(12)9(5-7)15-3/h4-5,14H,6,13H2,1-3H3. The number of hydrogen-bond acceptors (Lipinski definition) is 3. The molecule has 0 aliphatic heterocycles. The van der Waals surface area contributed by atoms with Crippen LogP contribution in [0.3, 0.4) is 0 Å². The lowest BCUT2D eigenvalue weighted by molar-refractivity contribution is 0.362. The van der Waals surface area contributed by atoms with Gasteiger partial charge in [-0.1, -0.05) is 0 Å². The second-order valence-corrected chi connectivity index (χ2v) is 4.30. The predicted molar refractivity (Wildman–Crippen MR) is 56.6 cm³/mol. The van der Waals surface area contributed by atoms with Crippen molar-refractivity contribution in [3.05, 3.63) is 23.5 Å². The Labute approximate surface area is 88.7 Å². The molecule has 0 unspecified atom stereocenters. The van der Waals surface area contributed by atoms with Crippen LogP contribution in [0.2, 0.25) is 0 Å². The summed E-state index contributed by atoms with van der Waals surface area (Å²) in [4.78, 5) is 0. The molecular weight excluding hydrogens is 197 g/mol. The normalized spacial score (nSPS) is 11.5. The smallest absolute Gasteiger partial charge is 0.206 e. The minimum Gasteiger partial charge on any atom is -0.505 e. The number of aromatic hydroxyl groups is 1. The van der Waals surface area contributed by atoms with Gasteiger partial charge in [0.05, 0.1) is 7.11 Å². The summed E-state index contributed by atoms with van der Waals surface area (Å²) in [7, 11) is 1.36. The van der Waals surface area contributed by atoms with Crippen molar-refractivity contribution < 1.29 is 14.2 Å². The first-order chi connectivity index (χ1) is 6.83. The molecule has 0 saturated heterocycles. The second-order valence-electron chi connectivity index (χ2n) is 4.30. The van der Waals surface area contributed by atoms with Gasteiger partial charge in [-0.25, -0.2) is 0 Å². The molecule has 0 saturated carbocycles. The molecule has 0 aliphatic carbocycles. The molecule has 1 rings (SSSR count). The van der Waals surface area contributed by atoms with Crippen LogP contribution in [-0.2, 0) is 6.42 Å². The van der Waals surface area contributed by atoms with Crippen LogP contribution < -0.4 is 10.5 Å². The molecule has 3 N–H and O–H groups in total. The van der Waals surface area contributed by atoms with Crippen molar-refractivity contribution in [1.82, 2.24) is 0 Å². The third-order valence-corrected chi connectivity index (χ3v) is 1.96. The summed E-state index contributed by atoms with van der Waals surface area (Å²) in [6.45, 7) is 3.72. The second kappa shape index (κ2) is 4.06. The van der Waals surface area contributed by atoms with Crippen molar-refractivity contribution in [2.75, 3.05) is 7.11 Å². The monoisotopic (exact) mass is 213 g/mol. The van der Waals surface area contributed by atoms with E-state index in [-0.39, 0.29) is 5.75 Å². The van der Waals surface area contributed by atoms with Crippen LogP contribution in [-0.4, -0.2) is 17.8 Å². The van der Waals surface area contributed by atoms with E-state index in [0.29, 0.717) is 6.42 Å². The summed E-state index contributed by atoms with van der Waals surface area (Å²) in [6, 6.07) is 2.91. The quantitative estimate of drug-likeness (QED) is 0.805. The highest BCUT2D eigenvalue weighted by molar-refractivity contribution is 5.40. The van der Waals surface area contributed by atoms with Gasteiger partial charge in [-0.2, -0.15) is 4.39 Å². The van der Waals surface area contributed by atoms with Crippen molar-refractivity contribution >= 4 is 0 Å². The molecule has 84 valence electrons. The highest BCUT2D eigenvalue weighted by Gasteiger charge is 2.16. The van der Waals surface area contributed by atoms with E-state index in [2.05, 4.69) is 0 Å². The third-order valence-electron chi connectivity index (χ3n) is 1.96. The lowest BCUT2D eigenvalue weighted by Crippen LogP contribution is -2.34. The summed E-state index contributed by atoms with van der Waals surface area (Å²) in [5, 5.41) is 9.31. The van der Waals surface area contributed by atoms with E-state index in [4.69, 9.17) is 10.5 Å². The zero-order chi connectivity index (χ0) is 11.6. The van der Waals surface area contributed by atoms with E-state index in [1.165, 1.54) is 13.2 Å². The van der Waals surface area contributed by atoms with Crippen LogP contribution in [0.4, 0.5) is 4.39 Å². The zero-order valence-electron chi connectivity index (χ0n) is 9.17. The van der Waals surface area contributed by atoms with Crippen molar-refractivity contribution in [1.29, 1.82) is 0 Å². The van der Waals surface area contributed by atoms with E-state index >= 15 is 0 Å². The molecule has 0 bridgehead atoms. The van der Waals surface area contributed by atoms with Gasteiger partial charge in [0, 0.05) is 5.54 Å². The maximum absolute atomic E-state index is 13.2. The average Bonchev–Trinajstić information content (AvgIpc) is 2.08. The average molecular weight is 213 g/mol. The van der Waals surface area contributed by atoms with E-state index in [1.54, 1.807) is 6.07 Å². The number of benzene rings is 1. The number of phenolic OH excluding ortho intramolecular Hbond substituents is 1. The molecular formula is C11H16FNO2. The molecule has 4 heteroatoms. The van der Waals surface area contributed by atoms with E-state index in [0.717, 1.165) is 5.56 Å². The molecule has 1 aromatic rings. The lowest BCUT2D eigenvalue weighted by atomic mass is 9.96. The van der Waals surface area contributed by atoms with Crippen LogP contribution in [0, 0.1) is 5.82 Å². The Balaban J connectivity index is 3.06. The first-order valence-corrected chi connectivity index (χ1v) is 4.68. The van der Waals surface area contributed by atoms with Crippen molar-refractivity contribution in [3.8, 4) is 11.5 Å². The Kier molecular flexibility index (Phi) is 3.19. The fraction of sp³-hybridized carbons (Fsp3) is 0.455. The van der Waals surface area contributed by atoms with Gasteiger partial charge < -0.3 is 15.6 Å². The Morgan fingerprint density at radius 1 is 1.47 bits per heavy atom. The Bertz CT molecular complexity index is 358. The summed E-state index contributed by atoms with van der Waals surface area (Å²) in [5.41, 5.74) is 6.17. The topological polar surface area (TPSA) is 55.5 Å². The van der Waals surface area contributed by atoms with Gasteiger partial charge in [0.1, 0.15) is 0 Å². The SMILES string of the molecule is COc1cc(CC(C)(C)N)cc(O)c1F. The van der Waals surface area contributed by atoms with Crippen LogP contribution >= 0.6 is 0 Å². The minimum absolute atomic E-state index is 0.0363. The molecule has 0 aromatic heterocycles. The van der Waals surface area contributed by atoms with Crippen molar-refractivity contribution in [2.45, 2.75) is 25.8 Å². The van der Waals surface area contributed by atoms with Gasteiger partial charge in [-0.05, 0) is 38.0 Å². The molecule has 1 aromatic carbocycles. The lowest BCUT2D eigenvalue weighted by Gasteiger charge is -2.19. The number of ether oxygens (including phenoxy) is 1. The largest absolute Gasteiger partial charge is 0.505 e. The minimum atomic E-state index is -0.740. The molecule has 0 amide bonds. The molecule has 0 heterocycles. The summed E-state index contributed by atoms with van der Waals surface area (Å²) < 4.78 is 18.0. The van der Waals surface area contributed by atoms with Crippen molar-refractivity contribution in [3.63, 3.8) is 0 Å². The first kappa shape index (κ1) is 11.8. The highest BCUT2D eigenvalue weighted by Crippen LogP contribution is 2.28. The molecule has 0 atom stereocenters. The molecule has 0 radical (unpaired) electrons. The summed E-state index contributed by atoms with van der Waals surface area (Å²) >= 11 is 0. The molecule has 15 heavy (non-hydrogen) atoms. The number of halogens is 1. The van der Waals surface area contributed by atoms with Gasteiger partial charge in [0.25, 0.3) is 0 Å². The number of phenols is 1. The molecule has 0 aliphatic rings. The summed E-state index contributed by atoms with van der Waals surface area (Å²) in [6.07, 6.45) is 0.539. The highest BCUT2D eigenvalue weighted by atomic mass is 19.1. The van der Waals surface area contributed by atoms with Crippen LogP contribution in [0.15, 0.2) is 12.1 Å². The van der Waals surface area contributed by atoms with Gasteiger partial charge in [0.15, 0.2) is 11.5 Å². The Morgan fingerprint density at radius 2 is 2.07 bits per heavy atom. The van der Waals surface area contributed by atoms with Crippen LogP contribution in [0.5, 0.6) is 11.5 Å². The molecule has 3 nitrogen and oxygen atoms in total. The van der Waals surface area contributed by atoms with Crippen LogP contribution in [0.25, 0.3) is 0 Å². The van der Waals surface area contributed by atoms with Crippen molar-refractivity contribution in [2.24, 2.45) is 5.73 Å². The molecule has 0 spiro atoms. The van der Waals surface area contributed by atoms with Crippen LogP contribution in [0.1, 0.15) is 19.4 Å². The third kappa shape index (κ3) is 3.09. The van der Waals surface area contributed by atoms with Gasteiger partial charge in [-0.3, -0.25) is 0 Å². The van der Waals surface area contributed by atoms with Gasteiger partial charge in [-0.15, -0.1) is 0 Å².